The Morgan fingerprint density at radius 2 is 2.17 bits per heavy atom. The lowest BCUT2D eigenvalue weighted by atomic mass is 9.96. The minimum atomic E-state index is -0.152. The van der Waals surface area contributed by atoms with Crippen LogP contribution in [0.15, 0.2) is 4.52 Å². The predicted octanol–water partition coefficient (Wildman–Crippen LogP) is 1.33. The first-order valence-electron chi connectivity index (χ1n) is 8.34. The quantitative estimate of drug-likeness (QED) is 0.907. The van der Waals surface area contributed by atoms with Gasteiger partial charge in [0.05, 0.1) is 0 Å². The van der Waals surface area contributed by atoms with Gasteiger partial charge in [0.25, 0.3) is 0 Å². The minimum Gasteiger partial charge on any atom is -0.352 e. The van der Waals surface area contributed by atoms with Gasteiger partial charge in [-0.25, -0.2) is 0 Å². The van der Waals surface area contributed by atoms with Gasteiger partial charge in [0.2, 0.25) is 11.8 Å². The van der Waals surface area contributed by atoms with Gasteiger partial charge >= 0.3 is 0 Å². The summed E-state index contributed by atoms with van der Waals surface area (Å²) in [7, 11) is 0. The second kappa shape index (κ2) is 6.33. The van der Waals surface area contributed by atoms with E-state index >= 15 is 0 Å². The van der Waals surface area contributed by atoms with Crippen LogP contribution in [0.2, 0.25) is 0 Å². The Morgan fingerprint density at radius 1 is 1.38 bits per heavy atom. The number of carbonyl (C=O) groups excluding carboxylic acids is 1. The molecule has 8 nitrogen and oxygen atoms in total. The van der Waals surface area contributed by atoms with E-state index in [-0.39, 0.29) is 17.4 Å². The summed E-state index contributed by atoms with van der Waals surface area (Å²) in [4.78, 5) is 16.5. The molecule has 1 atom stereocenters. The molecule has 0 radical (unpaired) electrons. The number of rotatable bonds is 4. The lowest BCUT2D eigenvalue weighted by Crippen LogP contribution is -2.41. The van der Waals surface area contributed by atoms with Gasteiger partial charge in [0, 0.05) is 37.3 Å². The Labute approximate surface area is 141 Å². The third-order valence-electron chi connectivity index (χ3n) is 4.20. The summed E-state index contributed by atoms with van der Waals surface area (Å²) in [6, 6.07) is 0.118. The molecular weight excluding hydrogens is 308 g/mol. The zero-order valence-electron chi connectivity index (χ0n) is 14.7. The topological polar surface area (TPSA) is 98.7 Å². The van der Waals surface area contributed by atoms with Crippen LogP contribution in [0.3, 0.4) is 0 Å². The molecule has 1 aliphatic rings. The van der Waals surface area contributed by atoms with E-state index in [4.69, 9.17) is 4.52 Å². The average molecular weight is 332 g/mol. The maximum absolute atomic E-state index is 12.2. The van der Waals surface area contributed by atoms with E-state index in [1.165, 1.54) is 0 Å². The number of nitrogens with zero attached hydrogens (tertiary/aromatic N) is 5. The highest BCUT2D eigenvalue weighted by Crippen LogP contribution is 2.19. The first-order chi connectivity index (χ1) is 11.3. The van der Waals surface area contributed by atoms with Gasteiger partial charge in [-0.15, -0.1) is 10.2 Å². The van der Waals surface area contributed by atoms with E-state index in [9.17, 15) is 4.79 Å². The van der Waals surface area contributed by atoms with Crippen LogP contribution < -0.4 is 5.32 Å². The fraction of sp³-hybridized carbons (Fsp3) is 0.688. The van der Waals surface area contributed by atoms with Gasteiger partial charge in [0.15, 0.2) is 5.82 Å². The van der Waals surface area contributed by atoms with Crippen LogP contribution in [0.5, 0.6) is 0 Å². The standard InChI is InChI=1S/C16H24N6O2/c1-10-19-20-12-6-5-11(9-22(10)12)17-13(23)7-8-14-18-15(21-24-14)16(2,3)4/h11H,5-9H2,1-4H3,(H,17,23). The highest BCUT2D eigenvalue weighted by molar-refractivity contribution is 5.76. The number of amides is 1. The van der Waals surface area contributed by atoms with Crippen molar-refractivity contribution in [1.82, 2.24) is 30.2 Å². The molecule has 2 aromatic heterocycles. The number of hydrogen-bond donors (Lipinski definition) is 1. The van der Waals surface area contributed by atoms with Crippen LogP contribution in [-0.4, -0.2) is 36.9 Å². The molecule has 0 spiro atoms. The second-order valence-electron chi connectivity index (χ2n) is 7.34. The lowest BCUT2D eigenvalue weighted by Gasteiger charge is -2.24. The SMILES string of the molecule is Cc1nnc2n1CC(NC(=O)CCc1nc(C(C)(C)C)no1)CC2. The van der Waals surface area contributed by atoms with Crippen molar-refractivity contribution < 1.29 is 9.32 Å². The number of nitrogens with one attached hydrogen (secondary N) is 1. The fourth-order valence-electron chi connectivity index (χ4n) is 2.76. The van der Waals surface area contributed by atoms with E-state index in [2.05, 4.69) is 30.2 Å². The first kappa shape index (κ1) is 16.6. The second-order valence-corrected chi connectivity index (χ2v) is 7.34. The number of aryl methyl sites for hydroxylation is 3. The van der Waals surface area contributed by atoms with Crippen LogP contribution in [0.4, 0.5) is 0 Å². The third kappa shape index (κ3) is 3.63. The molecular formula is C16H24N6O2. The van der Waals surface area contributed by atoms with Crippen molar-refractivity contribution >= 4 is 5.91 Å². The maximum Gasteiger partial charge on any atom is 0.227 e. The Morgan fingerprint density at radius 3 is 2.88 bits per heavy atom. The zero-order valence-corrected chi connectivity index (χ0v) is 14.7. The Kier molecular flexibility index (Phi) is 4.38. The summed E-state index contributed by atoms with van der Waals surface area (Å²) in [6.45, 7) is 8.74. The van der Waals surface area contributed by atoms with E-state index < -0.39 is 0 Å². The number of hydrogen-bond acceptors (Lipinski definition) is 6. The minimum absolute atomic E-state index is 0.00434. The fourth-order valence-corrected chi connectivity index (χ4v) is 2.76. The van der Waals surface area contributed by atoms with Crippen molar-refractivity contribution in [2.24, 2.45) is 0 Å². The molecule has 24 heavy (non-hydrogen) atoms. The molecule has 1 N–H and O–H groups in total. The van der Waals surface area contributed by atoms with Gasteiger partial charge in [-0.3, -0.25) is 4.79 Å². The molecule has 8 heteroatoms. The lowest BCUT2D eigenvalue weighted by molar-refractivity contribution is -0.122. The van der Waals surface area contributed by atoms with Crippen molar-refractivity contribution in [3.05, 3.63) is 23.4 Å². The molecule has 1 amide bonds. The third-order valence-corrected chi connectivity index (χ3v) is 4.20. The monoisotopic (exact) mass is 332 g/mol. The largest absolute Gasteiger partial charge is 0.352 e. The number of aromatic nitrogens is 5. The van der Waals surface area contributed by atoms with Crippen molar-refractivity contribution in [3.8, 4) is 0 Å². The molecule has 0 aromatic carbocycles. The maximum atomic E-state index is 12.2. The summed E-state index contributed by atoms with van der Waals surface area (Å²) in [5.41, 5.74) is -0.152. The van der Waals surface area contributed by atoms with Gasteiger partial charge in [0.1, 0.15) is 11.6 Å². The van der Waals surface area contributed by atoms with Crippen LogP contribution in [0, 0.1) is 6.92 Å². The molecule has 2 aromatic rings. The Balaban J connectivity index is 1.50. The number of carbonyl (C=O) groups is 1. The van der Waals surface area contributed by atoms with E-state index in [1.807, 2.05) is 27.7 Å². The first-order valence-corrected chi connectivity index (χ1v) is 8.34. The van der Waals surface area contributed by atoms with Gasteiger partial charge < -0.3 is 14.4 Å². The summed E-state index contributed by atoms with van der Waals surface area (Å²) < 4.78 is 7.29. The summed E-state index contributed by atoms with van der Waals surface area (Å²) >= 11 is 0. The van der Waals surface area contributed by atoms with E-state index in [0.29, 0.717) is 24.6 Å². The number of fused-ring (bicyclic) bond motifs is 1. The summed E-state index contributed by atoms with van der Waals surface area (Å²) in [6.07, 6.45) is 2.53. The van der Waals surface area contributed by atoms with Gasteiger partial charge in [-0.2, -0.15) is 4.98 Å². The highest BCUT2D eigenvalue weighted by atomic mass is 16.5. The molecule has 0 fully saturated rings. The zero-order chi connectivity index (χ0) is 17.3. The normalized spacial score (nSPS) is 17.6. The summed E-state index contributed by atoms with van der Waals surface area (Å²) in [5, 5.41) is 15.3. The Bertz CT molecular complexity index is 727. The molecule has 0 saturated heterocycles. The molecule has 0 aliphatic carbocycles. The van der Waals surface area contributed by atoms with Gasteiger partial charge in [-0.1, -0.05) is 25.9 Å². The van der Waals surface area contributed by atoms with Gasteiger partial charge in [-0.05, 0) is 13.3 Å². The van der Waals surface area contributed by atoms with Crippen LogP contribution in [0.1, 0.15) is 57.0 Å². The molecule has 130 valence electrons. The van der Waals surface area contributed by atoms with Crippen LogP contribution >= 0.6 is 0 Å². The molecule has 1 aliphatic heterocycles. The van der Waals surface area contributed by atoms with E-state index in [1.54, 1.807) is 0 Å². The molecule has 0 saturated carbocycles. The molecule has 3 heterocycles. The van der Waals surface area contributed by atoms with E-state index in [0.717, 1.165) is 31.0 Å². The van der Waals surface area contributed by atoms with Crippen LogP contribution in [-0.2, 0) is 29.6 Å². The van der Waals surface area contributed by atoms with Crippen molar-refractivity contribution in [3.63, 3.8) is 0 Å². The molecule has 0 bridgehead atoms. The predicted molar refractivity (Wildman–Crippen MR) is 86.3 cm³/mol. The average Bonchev–Trinajstić information content (AvgIpc) is 3.13. The Hall–Kier alpha value is -2.25. The van der Waals surface area contributed by atoms with Crippen molar-refractivity contribution in [2.45, 2.75) is 71.4 Å². The molecule has 3 rings (SSSR count). The molecule has 1 unspecified atom stereocenters. The van der Waals surface area contributed by atoms with Crippen LogP contribution in [0.25, 0.3) is 0 Å². The van der Waals surface area contributed by atoms with Crippen molar-refractivity contribution in [2.75, 3.05) is 0 Å². The smallest absolute Gasteiger partial charge is 0.227 e. The summed E-state index contributed by atoms with van der Waals surface area (Å²) in [5.74, 6) is 3.07. The highest BCUT2D eigenvalue weighted by Gasteiger charge is 2.24. The van der Waals surface area contributed by atoms with Crippen molar-refractivity contribution in [1.29, 1.82) is 0 Å².